The first-order valence-corrected chi connectivity index (χ1v) is 5.66. The number of nitrogens with zero attached hydrogens (tertiary/aromatic N) is 1. The second-order valence-electron chi connectivity index (χ2n) is 4.22. The van der Waals surface area contributed by atoms with Gasteiger partial charge in [0.15, 0.2) is 0 Å². The van der Waals surface area contributed by atoms with Crippen LogP contribution in [0.4, 0.5) is 0 Å². The molecule has 0 spiro atoms. The maximum Gasteiger partial charge on any atom is 0.304 e. The van der Waals surface area contributed by atoms with Crippen LogP contribution in [0.1, 0.15) is 39.0 Å². The van der Waals surface area contributed by atoms with Gasteiger partial charge in [0.05, 0.1) is 6.42 Å². The largest absolute Gasteiger partial charge is 0.481 e. The van der Waals surface area contributed by atoms with Crippen molar-refractivity contribution in [2.45, 2.75) is 39.0 Å². The fourth-order valence-corrected chi connectivity index (χ4v) is 2.16. The van der Waals surface area contributed by atoms with Gasteiger partial charge in [-0.3, -0.25) is 4.79 Å². The minimum absolute atomic E-state index is 0.290. The zero-order chi connectivity index (χ0) is 10.4. The van der Waals surface area contributed by atoms with Gasteiger partial charge in [0.25, 0.3) is 0 Å². The summed E-state index contributed by atoms with van der Waals surface area (Å²) < 4.78 is 0. The number of carboxylic acid groups (broad SMARTS) is 1. The van der Waals surface area contributed by atoms with Crippen molar-refractivity contribution in [3.8, 4) is 0 Å². The van der Waals surface area contributed by atoms with E-state index in [1.54, 1.807) is 0 Å². The van der Waals surface area contributed by atoms with Gasteiger partial charge in [-0.1, -0.05) is 19.8 Å². The van der Waals surface area contributed by atoms with Crippen molar-refractivity contribution in [3.63, 3.8) is 0 Å². The maximum atomic E-state index is 10.4. The van der Waals surface area contributed by atoms with Crippen molar-refractivity contribution < 1.29 is 9.90 Å². The fourth-order valence-electron chi connectivity index (χ4n) is 2.16. The van der Waals surface area contributed by atoms with Crippen LogP contribution >= 0.6 is 0 Å². The Morgan fingerprint density at radius 3 is 2.57 bits per heavy atom. The number of aliphatic carboxylic acids is 1. The van der Waals surface area contributed by atoms with Crippen LogP contribution in [0.25, 0.3) is 0 Å². The Morgan fingerprint density at radius 2 is 2.07 bits per heavy atom. The molecule has 0 aromatic rings. The average Bonchev–Trinajstić information content (AvgIpc) is 2.17. The highest BCUT2D eigenvalue weighted by Gasteiger charge is 2.18. The van der Waals surface area contributed by atoms with Gasteiger partial charge >= 0.3 is 5.97 Å². The molecule has 0 aliphatic carbocycles. The molecule has 0 amide bonds. The lowest BCUT2D eigenvalue weighted by atomic mass is 9.92. The first-order valence-electron chi connectivity index (χ1n) is 5.66. The highest BCUT2D eigenvalue weighted by Crippen LogP contribution is 2.21. The number of likely N-dealkylation sites (tertiary alicyclic amines) is 1. The quantitative estimate of drug-likeness (QED) is 0.736. The fraction of sp³-hybridized carbons (Fsp3) is 0.909. The molecule has 0 atom stereocenters. The molecule has 0 unspecified atom stereocenters. The standard InChI is InChI=1S/C11H21NO2/c1-2-3-10-4-7-12(8-5-10)9-6-11(13)14/h10H,2-9H2,1H3,(H,13,14). The summed E-state index contributed by atoms with van der Waals surface area (Å²) in [6.45, 7) is 5.15. The highest BCUT2D eigenvalue weighted by atomic mass is 16.4. The van der Waals surface area contributed by atoms with Crippen molar-refractivity contribution >= 4 is 5.97 Å². The number of piperidine rings is 1. The molecule has 0 radical (unpaired) electrons. The maximum absolute atomic E-state index is 10.4. The molecule has 1 N–H and O–H groups in total. The van der Waals surface area contributed by atoms with Gasteiger partial charge in [-0.25, -0.2) is 0 Å². The van der Waals surface area contributed by atoms with Gasteiger partial charge in [-0.2, -0.15) is 0 Å². The van der Waals surface area contributed by atoms with Crippen LogP contribution in [-0.2, 0) is 4.79 Å². The van der Waals surface area contributed by atoms with E-state index in [-0.39, 0.29) is 0 Å². The Kier molecular flexibility index (Phi) is 4.94. The molecule has 0 saturated carbocycles. The third-order valence-corrected chi connectivity index (χ3v) is 3.05. The van der Waals surface area contributed by atoms with Crippen molar-refractivity contribution in [2.75, 3.05) is 19.6 Å². The second kappa shape index (κ2) is 6.02. The van der Waals surface area contributed by atoms with Crippen LogP contribution in [0.2, 0.25) is 0 Å². The molecule has 1 heterocycles. The van der Waals surface area contributed by atoms with Crippen LogP contribution in [0, 0.1) is 5.92 Å². The number of hydrogen-bond acceptors (Lipinski definition) is 2. The monoisotopic (exact) mass is 199 g/mol. The first-order chi connectivity index (χ1) is 6.72. The summed E-state index contributed by atoms with van der Waals surface area (Å²) in [5.41, 5.74) is 0. The van der Waals surface area contributed by atoms with E-state index in [1.807, 2.05) is 0 Å². The van der Waals surface area contributed by atoms with E-state index in [4.69, 9.17) is 5.11 Å². The molecule has 3 nitrogen and oxygen atoms in total. The third-order valence-electron chi connectivity index (χ3n) is 3.05. The smallest absolute Gasteiger partial charge is 0.304 e. The molecule has 1 aliphatic heterocycles. The Labute approximate surface area is 86.1 Å². The molecule has 0 bridgehead atoms. The molecule has 82 valence electrons. The minimum atomic E-state index is -0.680. The van der Waals surface area contributed by atoms with Crippen LogP contribution in [0.15, 0.2) is 0 Å². The molecule has 1 fully saturated rings. The molecule has 0 aromatic heterocycles. The molecule has 0 aromatic carbocycles. The van der Waals surface area contributed by atoms with Gasteiger partial charge in [-0.05, 0) is 31.8 Å². The zero-order valence-electron chi connectivity index (χ0n) is 9.04. The van der Waals surface area contributed by atoms with E-state index < -0.39 is 5.97 Å². The zero-order valence-corrected chi connectivity index (χ0v) is 9.04. The number of carbonyl (C=O) groups is 1. The van der Waals surface area contributed by atoms with E-state index in [1.165, 1.54) is 25.7 Å². The Bertz CT molecular complexity index is 174. The van der Waals surface area contributed by atoms with Gasteiger partial charge < -0.3 is 10.0 Å². The van der Waals surface area contributed by atoms with Gasteiger partial charge in [0, 0.05) is 6.54 Å². The van der Waals surface area contributed by atoms with Gasteiger partial charge in [-0.15, -0.1) is 0 Å². The van der Waals surface area contributed by atoms with Crippen molar-refractivity contribution in [2.24, 2.45) is 5.92 Å². The molecule has 1 aliphatic rings. The summed E-state index contributed by atoms with van der Waals surface area (Å²) in [4.78, 5) is 12.7. The average molecular weight is 199 g/mol. The Morgan fingerprint density at radius 1 is 1.43 bits per heavy atom. The van der Waals surface area contributed by atoms with Crippen LogP contribution in [0.5, 0.6) is 0 Å². The summed E-state index contributed by atoms with van der Waals surface area (Å²) >= 11 is 0. The van der Waals surface area contributed by atoms with Gasteiger partial charge in [0.1, 0.15) is 0 Å². The van der Waals surface area contributed by atoms with E-state index >= 15 is 0 Å². The summed E-state index contributed by atoms with van der Waals surface area (Å²) in [7, 11) is 0. The number of rotatable bonds is 5. The molecule has 3 heteroatoms. The van der Waals surface area contributed by atoms with Crippen LogP contribution in [-0.4, -0.2) is 35.6 Å². The molecular weight excluding hydrogens is 178 g/mol. The number of carboxylic acids is 1. The Balaban J connectivity index is 2.12. The summed E-state index contributed by atoms with van der Waals surface area (Å²) in [6, 6.07) is 0. The van der Waals surface area contributed by atoms with E-state index in [0.717, 1.165) is 25.6 Å². The summed E-state index contributed by atoms with van der Waals surface area (Å²) in [6.07, 6.45) is 5.42. The predicted molar refractivity (Wildman–Crippen MR) is 56.3 cm³/mol. The van der Waals surface area contributed by atoms with Crippen molar-refractivity contribution in [3.05, 3.63) is 0 Å². The molecular formula is C11H21NO2. The van der Waals surface area contributed by atoms with Crippen LogP contribution in [0.3, 0.4) is 0 Å². The Hall–Kier alpha value is -0.570. The van der Waals surface area contributed by atoms with Crippen molar-refractivity contribution in [1.82, 2.24) is 4.90 Å². The van der Waals surface area contributed by atoms with E-state index in [0.29, 0.717) is 6.42 Å². The second-order valence-corrected chi connectivity index (χ2v) is 4.22. The lowest BCUT2D eigenvalue weighted by Crippen LogP contribution is -2.35. The minimum Gasteiger partial charge on any atom is -0.481 e. The molecule has 14 heavy (non-hydrogen) atoms. The van der Waals surface area contributed by atoms with Crippen molar-refractivity contribution in [1.29, 1.82) is 0 Å². The highest BCUT2D eigenvalue weighted by molar-refractivity contribution is 5.66. The summed E-state index contributed by atoms with van der Waals surface area (Å²) in [5, 5.41) is 8.55. The van der Waals surface area contributed by atoms with E-state index in [2.05, 4.69) is 11.8 Å². The lowest BCUT2D eigenvalue weighted by Gasteiger charge is -2.31. The topological polar surface area (TPSA) is 40.5 Å². The molecule has 1 saturated heterocycles. The lowest BCUT2D eigenvalue weighted by molar-refractivity contribution is -0.137. The normalized spacial score (nSPS) is 19.8. The first kappa shape index (κ1) is 11.5. The SMILES string of the molecule is CCCC1CCN(CCC(=O)O)CC1. The van der Waals surface area contributed by atoms with Gasteiger partial charge in [0.2, 0.25) is 0 Å². The van der Waals surface area contributed by atoms with E-state index in [9.17, 15) is 4.79 Å². The van der Waals surface area contributed by atoms with Crippen LogP contribution < -0.4 is 0 Å². The number of hydrogen-bond donors (Lipinski definition) is 1. The molecule has 1 rings (SSSR count). The summed E-state index contributed by atoms with van der Waals surface area (Å²) in [5.74, 6) is 0.210. The predicted octanol–water partition coefficient (Wildman–Crippen LogP) is 1.97. The third kappa shape index (κ3) is 4.09.